The van der Waals surface area contributed by atoms with E-state index in [9.17, 15) is 18.4 Å². The molecule has 2 aromatic heterocycles. The van der Waals surface area contributed by atoms with Gasteiger partial charge in [-0.25, -0.2) is 23.1 Å². The number of rotatable bonds is 4. The summed E-state index contributed by atoms with van der Waals surface area (Å²) in [7, 11) is 1.46. The maximum Gasteiger partial charge on any atom is 0.358 e. The van der Waals surface area contributed by atoms with Gasteiger partial charge in [-0.05, 0) is 36.4 Å². The number of aromatic nitrogens is 6. The van der Waals surface area contributed by atoms with Crippen LogP contribution in [0.15, 0.2) is 36.4 Å². The van der Waals surface area contributed by atoms with Crippen LogP contribution in [-0.4, -0.2) is 52.6 Å². The Labute approximate surface area is 193 Å². The third kappa shape index (κ3) is 5.13. The van der Waals surface area contributed by atoms with Crippen molar-refractivity contribution in [2.75, 3.05) is 0 Å². The van der Waals surface area contributed by atoms with Gasteiger partial charge in [-0.2, -0.15) is 10.3 Å². The van der Waals surface area contributed by atoms with E-state index in [1.165, 1.54) is 31.3 Å². The maximum absolute atomic E-state index is 13.0. The zero-order chi connectivity index (χ0) is 24.3. The van der Waals surface area contributed by atoms with E-state index in [0.29, 0.717) is 11.1 Å². The molecule has 0 spiro atoms. The fourth-order valence-electron chi connectivity index (χ4n) is 2.66. The molecule has 4 aromatic rings. The molecule has 4 rings (SSSR count). The highest BCUT2D eigenvalue weighted by molar-refractivity contribution is 6.31. The molecule has 0 atom stereocenters. The van der Waals surface area contributed by atoms with Gasteiger partial charge in [0.25, 0.3) is 0 Å². The summed E-state index contributed by atoms with van der Waals surface area (Å²) in [6, 6.07) is 7.67. The Kier molecular flexibility index (Phi) is 6.99. The molecule has 0 saturated carbocycles. The predicted octanol–water partition coefficient (Wildman–Crippen LogP) is 3.94. The number of carboxylic acids is 2. The van der Waals surface area contributed by atoms with Crippen LogP contribution >= 0.6 is 23.2 Å². The molecule has 0 radical (unpaired) electrons. The van der Waals surface area contributed by atoms with Crippen molar-refractivity contribution in [3.8, 4) is 22.5 Å². The Balaban J connectivity index is 0.000000186. The molecule has 170 valence electrons. The molecule has 14 heteroatoms. The van der Waals surface area contributed by atoms with Gasteiger partial charge in [0.05, 0.1) is 10.0 Å². The summed E-state index contributed by atoms with van der Waals surface area (Å²) in [6.07, 6.45) is 0. The topological polar surface area (TPSA) is 147 Å². The number of nitrogens with one attached hydrogen (secondary N) is 1. The van der Waals surface area contributed by atoms with Crippen LogP contribution in [0.3, 0.4) is 0 Å². The molecule has 0 aliphatic heterocycles. The lowest BCUT2D eigenvalue weighted by atomic mass is 10.1. The van der Waals surface area contributed by atoms with E-state index in [2.05, 4.69) is 25.7 Å². The number of aromatic carboxylic acids is 2. The largest absolute Gasteiger partial charge is 0.476 e. The average Bonchev–Trinajstić information content (AvgIpc) is 3.40. The number of H-pyrrole nitrogens is 1. The lowest BCUT2D eigenvalue weighted by molar-refractivity contribution is 0.0677. The van der Waals surface area contributed by atoms with Gasteiger partial charge in [0.1, 0.15) is 23.0 Å². The molecule has 0 unspecified atom stereocenters. The van der Waals surface area contributed by atoms with Crippen molar-refractivity contribution in [3.05, 3.63) is 69.5 Å². The Hall–Kier alpha value is -3.90. The van der Waals surface area contributed by atoms with E-state index in [0.717, 1.165) is 16.8 Å². The number of carboxylic acid groups (broad SMARTS) is 2. The Morgan fingerprint density at radius 2 is 1.45 bits per heavy atom. The smallest absolute Gasteiger partial charge is 0.358 e. The monoisotopic (exact) mass is 496 g/mol. The van der Waals surface area contributed by atoms with Crippen LogP contribution in [0, 0.1) is 11.6 Å². The van der Waals surface area contributed by atoms with Crippen LogP contribution in [0.25, 0.3) is 22.5 Å². The average molecular weight is 497 g/mol. The molecule has 2 heterocycles. The zero-order valence-electron chi connectivity index (χ0n) is 16.4. The summed E-state index contributed by atoms with van der Waals surface area (Å²) in [6.45, 7) is 0. The number of aryl methyl sites for hydroxylation is 1. The first-order valence-electron chi connectivity index (χ1n) is 8.78. The minimum Gasteiger partial charge on any atom is -0.476 e. The Bertz CT molecular complexity index is 1360. The van der Waals surface area contributed by atoms with E-state index in [1.807, 2.05) is 0 Å². The van der Waals surface area contributed by atoms with Gasteiger partial charge in [-0.1, -0.05) is 28.4 Å². The first-order chi connectivity index (χ1) is 15.6. The van der Waals surface area contributed by atoms with Crippen molar-refractivity contribution >= 4 is 35.1 Å². The van der Waals surface area contributed by atoms with Crippen molar-refractivity contribution in [3.63, 3.8) is 0 Å². The molecule has 2 aromatic carbocycles. The molecule has 0 aliphatic carbocycles. The number of nitrogens with zero attached hydrogens (tertiary/aromatic N) is 5. The zero-order valence-corrected chi connectivity index (χ0v) is 17.9. The summed E-state index contributed by atoms with van der Waals surface area (Å²) in [5.74, 6) is -3.53. The Morgan fingerprint density at radius 1 is 0.909 bits per heavy atom. The second-order valence-corrected chi connectivity index (χ2v) is 7.11. The third-order valence-corrected chi connectivity index (χ3v) is 4.75. The first-order valence-corrected chi connectivity index (χ1v) is 9.53. The van der Waals surface area contributed by atoms with Crippen LogP contribution in [0.1, 0.15) is 21.0 Å². The van der Waals surface area contributed by atoms with Crippen molar-refractivity contribution < 1.29 is 28.6 Å². The van der Waals surface area contributed by atoms with Crippen LogP contribution in [0.5, 0.6) is 0 Å². The molecular weight excluding hydrogens is 485 g/mol. The summed E-state index contributed by atoms with van der Waals surface area (Å²) >= 11 is 11.2. The van der Waals surface area contributed by atoms with Gasteiger partial charge in [0.2, 0.25) is 0 Å². The summed E-state index contributed by atoms with van der Waals surface area (Å²) in [4.78, 5) is 21.8. The van der Waals surface area contributed by atoms with E-state index in [1.54, 1.807) is 0 Å². The Morgan fingerprint density at radius 3 is 1.94 bits per heavy atom. The lowest BCUT2D eigenvalue weighted by Crippen LogP contribution is -2.06. The fraction of sp³-hybridized carbons (Fsp3) is 0.0526. The molecule has 10 nitrogen and oxygen atoms in total. The van der Waals surface area contributed by atoms with Crippen molar-refractivity contribution in [2.24, 2.45) is 7.05 Å². The van der Waals surface area contributed by atoms with Gasteiger partial charge in [-0.3, -0.25) is 0 Å². The van der Waals surface area contributed by atoms with E-state index < -0.39 is 23.6 Å². The van der Waals surface area contributed by atoms with Gasteiger partial charge >= 0.3 is 11.9 Å². The quantitative estimate of drug-likeness (QED) is 0.384. The summed E-state index contributed by atoms with van der Waals surface area (Å²) in [5, 5.41) is 34.3. The van der Waals surface area contributed by atoms with E-state index in [4.69, 9.17) is 33.4 Å². The lowest BCUT2D eigenvalue weighted by Gasteiger charge is -2.01. The van der Waals surface area contributed by atoms with Gasteiger partial charge in [0.15, 0.2) is 11.4 Å². The number of benzene rings is 2. The van der Waals surface area contributed by atoms with E-state index >= 15 is 0 Å². The van der Waals surface area contributed by atoms with Gasteiger partial charge < -0.3 is 10.2 Å². The number of carbonyl (C=O) groups is 2. The van der Waals surface area contributed by atoms with Crippen molar-refractivity contribution in [1.29, 1.82) is 0 Å². The highest BCUT2D eigenvalue weighted by Crippen LogP contribution is 2.26. The maximum atomic E-state index is 13.0. The highest BCUT2D eigenvalue weighted by atomic mass is 35.5. The predicted molar refractivity (Wildman–Crippen MR) is 112 cm³/mol. The second kappa shape index (κ2) is 9.71. The van der Waals surface area contributed by atoms with Gasteiger partial charge in [-0.15, -0.1) is 10.2 Å². The molecule has 33 heavy (non-hydrogen) atoms. The summed E-state index contributed by atoms with van der Waals surface area (Å²) in [5.41, 5.74) is 0.756. The minimum atomic E-state index is -1.22. The van der Waals surface area contributed by atoms with Gasteiger partial charge in [0, 0.05) is 18.2 Å². The van der Waals surface area contributed by atoms with Crippen LogP contribution < -0.4 is 0 Å². The van der Waals surface area contributed by atoms with Crippen LogP contribution in [-0.2, 0) is 7.05 Å². The summed E-state index contributed by atoms with van der Waals surface area (Å²) < 4.78 is 27.0. The number of aromatic amines is 1. The van der Waals surface area contributed by atoms with Crippen LogP contribution in [0.4, 0.5) is 8.78 Å². The van der Waals surface area contributed by atoms with Crippen molar-refractivity contribution in [2.45, 2.75) is 0 Å². The minimum absolute atomic E-state index is 0.0762. The normalized spacial score (nSPS) is 10.5. The molecule has 0 bridgehead atoms. The molecule has 0 fully saturated rings. The molecule has 3 N–H and O–H groups in total. The number of halogens is 4. The van der Waals surface area contributed by atoms with Crippen LogP contribution in [0.2, 0.25) is 10.0 Å². The third-order valence-electron chi connectivity index (χ3n) is 4.17. The first kappa shape index (κ1) is 23.8. The highest BCUT2D eigenvalue weighted by Gasteiger charge is 2.20. The molecule has 0 aliphatic rings. The SMILES string of the molecule is Cn1nnc(-c2ccc(F)c(Cl)c2)c1C(=O)O.O=C(O)c1n[nH]nc1-c1ccc(F)c(Cl)c1. The number of hydrogen-bond donors (Lipinski definition) is 3. The number of hydrogen-bond acceptors (Lipinski definition) is 6. The molecule has 0 saturated heterocycles. The molecule has 0 amide bonds. The fourth-order valence-corrected chi connectivity index (χ4v) is 3.02. The second-order valence-electron chi connectivity index (χ2n) is 6.30. The van der Waals surface area contributed by atoms with Crippen molar-refractivity contribution in [1.82, 2.24) is 30.4 Å². The van der Waals surface area contributed by atoms with E-state index in [-0.39, 0.29) is 32.8 Å². The standard InChI is InChI=1S/C10H7ClFN3O2.C9H5ClFN3O2/c1-15-9(10(16)17)8(13-14-15)5-2-3-7(12)6(11)4-5;10-5-3-4(1-2-6(5)11)7-8(9(15)16)13-14-12-7/h2-4H,1H3,(H,16,17);1-3H,(H,15,16)(H,12,13,14). The molecular formula is C19H12Cl2F2N6O4.